The maximum atomic E-state index is 13.3. The van der Waals surface area contributed by atoms with Gasteiger partial charge in [0.25, 0.3) is 5.91 Å². The van der Waals surface area contributed by atoms with Gasteiger partial charge in [-0.05, 0) is 74.6 Å². The van der Waals surface area contributed by atoms with Crippen LogP contribution < -0.4 is 4.74 Å². The van der Waals surface area contributed by atoms with Crippen LogP contribution in [0.15, 0.2) is 42.5 Å². The lowest BCUT2D eigenvalue weighted by Crippen LogP contribution is -2.51. The lowest BCUT2D eigenvalue weighted by Gasteiger charge is -2.43. The molecule has 2 fully saturated rings. The molecule has 2 aromatic carbocycles. The van der Waals surface area contributed by atoms with Crippen molar-refractivity contribution in [3.63, 3.8) is 0 Å². The van der Waals surface area contributed by atoms with Crippen LogP contribution >= 0.6 is 23.2 Å². The SMILES string of the molecule is O=C(C[C@@]1(COc2ccc(F)cc2)CCCN(C(=O)c2ccc(Cl)c(Cl)c2)C1)N1CCCCC1. The highest BCUT2D eigenvalue weighted by Crippen LogP contribution is 2.36. The zero-order valence-corrected chi connectivity index (χ0v) is 20.6. The summed E-state index contributed by atoms with van der Waals surface area (Å²) in [6, 6.07) is 10.7. The molecule has 0 unspecified atom stereocenters. The smallest absolute Gasteiger partial charge is 0.253 e. The van der Waals surface area contributed by atoms with Crippen LogP contribution in [0.1, 0.15) is 48.9 Å². The van der Waals surface area contributed by atoms with Crippen molar-refractivity contribution in [1.82, 2.24) is 9.80 Å². The summed E-state index contributed by atoms with van der Waals surface area (Å²) in [5, 5.41) is 0.724. The van der Waals surface area contributed by atoms with Gasteiger partial charge in [-0.3, -0.25) is 9.59 Å². The minimum absolute atomic E-state index is 0.103. The summed E-state index contributed by atoms with van der Waals surface area (Å²) >= 11 is 12.2. The molecule has 2 heterocycles. The van der Waals surface area contributed by atoms with E-state index in [2.05, 4.69) is 0 Å². The largest absolute Gasteiger partial charge is 0.493 e. The number of nitrogens with zero attached hydrogens (tertiary/aromatic N) is 2. The number of carbonyl (C=O) groups is 2. The molecule has 5 nitrogen and oxygen atoms in total. The fourth-order valence-electron chi connectivity index (χ4n) is 4.85. The van der Waals surface area contributed by atoms with E-state index < -0.39 is 5.41 Å². The zero-order valence-electron chi connectivity index (χ0n) is 19.1. The first-order valence-electron chi connectivity index (χ1n) is 11.8. The number of amides is 2. The summed E-state index contributed by atoms with van der Waals surface area (Å²) in [5.74, 6) is 0.165. The van der Waals surface area contributed by atoms with E-state index in [9.17, 15) is 14.0 Å². The molecule has 0 aromatic heterocycles. The van der Waals surface area contributed by atoms with Gasteiger partial charge < -0.3 is 14.5 Å². The van der Waals surface area contributed by atoms with Crippen molar-refractivity contribution >= 4 is 35.0 Å². The van der Waals surface area contributed by atoms with Crippen LogP contribution in [0.4, 0.5) is 4.39 Å². The van der Waals surface area contributed by atoms with Gasteiger partial charge in [0, 0.05) is 43.6 Å². The molecule has 2 amide bonds. The minimum atomic E-state index is -0.535. The Morgan fingerprint density at radius 3 is 2.32 bits per heavy atom. The summed E-state index contributed by atoms with van der Waals surface area (Å²) in [7, 11) is 0. The van der Waals surface area contributed by atoms with Crippen molar-refractivity contribution in [2.24, 2.45) is 5.41 Å². The second-order valence-electron chi connectivity index (χ2n) is 9.32. The maximum Gasteiger partial charge on any atom is 0.253 e. The number of benzene rings is 2. The van der Waals surface area contributed by atoms with E-state index in [-0.39, 0.29) is 24.2 Å². The minimum Gasteiger partial charge on any atom is -0.493 e. The van der Waals surface area contributed by atoms with Crippen molar-refractivity contribution < 1.29 is 18.7 Å². The average molecular weight is 507 g/mol. The summed E-state index contributed by atoms with van der Waals surface area (Å²) in [6.07, 6.45) is 5.01. The number of carbonyl (C=O) groups excluding carboxylic acids is 2. The quantitative estimate of drug-likeness (QED) is 0.494. The number of rotatable bonds is 6. The van der Waals surface area contributed by atoms with Gasteiger partial charge in [-0.1, -0.05) is 23.2 Å². The lowest BCUT2D eigenvalue weighted by atomic mass is 9.77. The Kier molecular flexibility index (Phi) is 7.99. The van der Waals surface area contributed by atoms with Crippen molar-refractivity contribution in [2.45, 2.75) is 38.5 Å². The van der Waals surface area contributed by atoms with Gasteiger partial charge in [0.05, 0.1) is 16.7 Å². The van der Waals surface area contributed by atoms with Crippen LogP contribution in [0.25, 0.3) is 0 Å². The van der Waals surface area contributed by atoms with Crippen molar-refractivity contribution in [2.75, 3.05) is 32.8 Å². The molecular weight excluding hydrogens is 478 g/mol. The van der Waals surface area contributed by atoms with E-state index in [1.54, 1.807) is 35.2 Å². The Bertz CT molecular complexity index is 1030. The fourth-order valence-corrected chi connectivity index (χ4v) is 5.15. The third-order valence-corrected chi connectivity index (χ3v) is 7.45. The average Bonchev–Trinajstić information content (AvgIpc) is 2.85. The molecule has 0 spiro atoms. The summed E-state index contributed by atoms with van der Waals surface area (Å²) < 4.78 is 19.4. The predicted octanol–water partition coefficient (Wildman–Crippen LogP) is 5.84. The predicted molar refractivity (Wildman–Crippen MR) is 131 cm³/mol. The Morgan fingerprint density at radius 2 is 1.62 bits per heavy atom. The van der Waals surface area contributed by atoms with Crippen molar-refractivity contribution in [1.29, 1.82) is 0 Å². The van der Waals surface area contributed by atoms with Crippen LogP contribution in [-0.4, -0.2) is 54.4 Å². The summed E-state index contributed by atoms with van der Waals surface area (Å²) in [6.45, 7) is 2.81. The number of halogens is 3. The van der Waals surface area contributed by atoms with Crippen LogP contribution in [0.5, 0.6) is 5.75 Å². The number of ether oxygens (including phenoxy) is 1. The Morgan fingerprint density at radius 1 is 0.912 bits per heavy atom. The summed E-state index contributed by atoms with van der Waals surface area (Å²) in [4.78, 5) is 30.2. The van der Waals surface area contributed by atoms with Gasteiger partial charge in [-0.15, -0.1) is 0 Å². The number of hydrogen-bond acceptors (Lipinski definition) is 3. The molecule has 2 aliphatic rings. The molecule has 0 bridgehead atoms. The molecular formula is C26H29Cl2FN2O3. The first-order chi connectivity index (χ1) is 16.3. The Labute approximate surface area is 209 Å². The van der Waals surface area contributed by atoms with Gasteiger partial charge in [-0.2, -0.15) is 0 Å². The Hall–Kier alpha value is -2.31. The molecule has 0 N–H and O–H groups in total. The van der Waals surface area contributed by atoms with Gasteiger partial charge in [-0.25, -0.2) is 4.39 Å². The van der Waals surface area contributed by atoms with E-state index in [1.807, 2.05) is 4.90 Å². The molecule has 0 radical (unpaired) electrons. The third-order valence-electron chi connectivity index (χ3n) is 6.71. The van der Waals surface area contributed by atoms with Gasteiger partial charge >= 0.3 is 0 Å². The molecule has 2 aromatic rings. The molecule has 34 heavy (non-hydrogen) atoms. The molecule has 1 atom stereocenters. The highest BCUT2D eigenvalue weighted by atomic mass is 35.5. The molecule has 0 aliphatic carbocycles. The van der Waals surface area contributed by atoms with E-state index in [1.165, 1.54) is 12.1 Å². The second kappa shape index (κ2) is 11.0. The van der Waals surface area contributed by atoms with Crippen LogP contribution in [0, 0.1) is 11.2 Å². The lowest BCUT2D eigenvalue weighted by molar-refractivity contribution is -0.136. The topological polar surface area (TPSA) is 49.9 Å². The summed E-state index contributed by atoms with van der Waals surface area (Å²) in [5.41, 5.74) is -0.0699. The van der Waals surface area contributed by atoms with E-state index in [0.717, 1.165) is 45.2 Å². The molecule has 182 valence electrons. The molecule has 0 saturated carbocycles. The molecule has 8 heteroatoms. The highest BCUT2D eigenvalue weighted by molar-refractivity contribution is 6.42. The monoisotopic (exact) mass is 506 g/mol. The molecule has 2 saturated heterocycles. The van der Waals surface area contributed by atoms with Gasteiger partial charge in [0.1, 0.15) is 11.6 Å². The first kappa shape index (κ1) is 24.8. The van der Waals surface area contributed by atoms with E-state index in [0.29, 0.717) is 40.9 Å². The highest BCUT2D eigenvalue weighted by Gasteiger charge is 2.41. The van der Waals surface area contributed by atoms with Gasteiger partial charge in [0.15, 0.2) is 0 Å². The zero-order chi connectivity index (χ0) is 24.1. The van der Waals surface area contributed by atoms with Crippen molar-refractivity contribution in [3.05, 3.63) is 63.9 Å². The van der Waals surface area contributed by atoms with Crippen LogP contribution in [0.3, 0.4) is 0 Å². The fraction of sp³-hybridized carbons (Fsp3) is 0.462. The van der Waals surface area contributed by atoms with Crippen LogP contribution in [-0.2, 0) is 4.79 Å². The number of likely N-dealkylation sites (tertiary alicyclic amines) is 2. The second-order valence-corrected chi connectivity index (χ2v) is 10.1. The van der Waals surface area contributed by atoms with Gasteiger partial charge in [0.2, 0.25) is 5.91 Å². The molecule has 4 rings (SSSR count). The van der Waals surface area contributed by atoms with E-state index in [4.69, 9.17) is 27.9 Å². The maximum absolute atomic E-state index is 13.3. The van der Waals surface area contributed by atoms with E-state index >= 15 is 0 Å². The molecule has 2 aliphatic heterocycles. The number of hydrogen-bond donors (Lipinski definition) is 0. The first-order valence-corrected chi connectivity index (χ1v) is 12.5. The Balaban J connectivity index is 1.53. The standard InChI is InChI=1S/C26H29Cl2FN2O3/c27-22-10-5-19(15-23(22)28)25(33)31-14-4-11-26(17-31,16-24(32)30-12-2-1-3-13-30)18-34-21-8-6-20(29)7-9-21/h5-10,15H,1-4,11-14,16-18H2/t26-/m0/s1. The number of piperidine rings is 2. The third kappa shape index (κ3) is 6.02. The van der Waals surface area contributed by atoms with Crippen LogP contribution in [0.2, 0.25) is 10.0 Å². The normalized spacial score (nSPS) is 20.8. The van der Waals surface area contributed by atoms with Crippen molar-refractivity contribution in [3.8, 4) is 5.75 Å².